The Bertz CT molecular complexity index is 1340. The number of carboxylic acid groups (broad SMARTS) is 1. The number of rotatable bonds is 5. The summed E-state index contributed by atoms with van der Waals surface area (Å²) in [7, 11) is 0. The smallest absolute Gasteiger partial charge is 0.416 e. The van der Waals surface area contributed by atoms with Crippen LogP contribution in [0.5, 0.6) is 0 Å². The van der Waals surface area contributed by atoms with Crippen molar-refractivity contribution >= 4 is 29.0 Å². The second kappa shape index (κ2) is 11.2. The van der Waals surface area contributed by atoms with Gasteiger partial charge in [0.25, 0.3) is 5.56 Å². The molecule has 2 unspecified atom stereocenters. The number of halogens is 4. The van der Waals surface area contributed by atoms with Crippen molar-refractivity contribution in [1.29, 1.82) is 0 Å². The molecule has 3 heterocycles. The van der Waals surface area contributed by atoms with Crippen LogP contribution in [0.2, 0.25) is 5.02 Å². The summed E-state index contributed by atoms with van der Waals surface area (Å²) in [6.07, 6.45) is -1.09. The molecule has 4 rings (SSSR count). The quantitative estimate of drug-likeness (QED) is 0.528. The minimum atomic E-state index is -4.57. The van der Waals surface area contributed by atoms with E-state index in [0.29, 0.717) is 13.0 Å². The number of nitrogens with zero attached hydrogens (tertiary/aromatic N) is 4. The third kappa shape index (κ3) is 5.70. The number of aliphatic imine (C=N–C) groups is 1. The van der Waals surface area contributed by atoms with Gasteiger partial charge in [-0.3, -0.25) is 9.79 Å². The molecule has 0 radical (unpaired) electrons. The Balaban J connectivity index is 1.66. The molecule has 9 nitrogen and oxygen atoms in total. The van der Waals surface area contributed by atoms with Crippen LogP contribution in [0.1, 0.15) is 56.0 Å². The van der Waals surface area contributed by atoms with Crippen LogP contribution in [-0.2, 0) is 15.7 Å². The number of anilines is 1. The maximum Gasteiger partial charge on any atom is 0.416 e. The Kier molecular flexibility index (Phi) is 8.12. The summed E-state index contributed by atoms with van der Waals surface area (Å²) in [5, 5.41) is 13.7. The molecule has 2 aromatic rings. The summed E-state index contributed by atoms with van der Waals surface area (Å²) >= 11 is 6.43. The van der Waals surface area contributed by atoms with Gasteiger partial charge in [-0.15, -0.1) is 0 Å². The Morgan fingerprint density at radius 3 is 2.71 bits per heavy atom. The molecule has 3 N–H and O–H groups in total. The monoisotopic (exact) mass is 553 g/mol. The summed E-state index contributed by atoms with van der Waals surface area (Å²) in [5.41, 5.74) is 4.71. The molecule has 1 aromatic heterocycles. The normalized spacial score (nSPS) is 21.9. The van der Waals surface area contributed by atoms with E-state index < -0.39 is 41.2 Å². The van der Waals surface area contributed by atoms with E-state index in [1.165, 1.54) is 36.0 Å². The van der Waals surface area contributed by atoms with Gasteiger partial charge in [-0.1, -0.05) is 29.8 Å². The van der Waals surface area contributed by atoms with Crippen LogP contribution in [0.25, 0.3) is 0 Å². The highest BCUT2D eigenvalue weighted by Crippen LogP contribution is 2.36. The van der Waals surface area contributed by atoms with Gasteiger partial charge in [-0.25, -0.2) is 4.79 Å². The molecule has 2 aliphatic rings. The van der Waals surface area contributed by atoms with Crippen LogP contribution >= 0.6 is 11.6 Å². The molecule has 2 fully saturated rings. The van der Waals surface area contributed by atoms with Crippen molar-refractivity contribution in [2.45, 2.75) is 51.1 Å². The van der Waals surface area contributed by atoms with Gasteiger partial charge in [-0.2, -0.15) is 23.0 Å². The van der Waals surface area contributed by atoms with Crippen LogP contribution in [0.15, 0.2) is 51.5 Å². The van der Waals surface area contributed by atoms with Crippen LogP contribution < -0.4 is 16.2 Å². The van der Waals surface area contributed by atoms with Crippen molar-refractivity contribution in [2.75, 3.05) is 24.6 Å². The van der Waals surface area contributed by atoms with E-state index >= 15 is 0 Å². The van der Waals surface area contributed by atoms with Gasteiger partial charge in [0.05, 0.1) is 23.5 Å². The number of piperidine rings is 1. The molecule has 1 aromatic carbocycles. The molecule has 38 heavy (non-hydrogen) atoms. The second-order valence-corrected chi connectivity index (χ2v) is 9.50. The molecule has 0 spiro atoms. The second-order valence-electron chi connectivity index (χ2n) is 9.12. The van der Waals surface area contributed by atoms with Crippen molar-refractivity contribution in [3.05, 3.63) is 68.2 Å². The molecule has 2 saturated heterocycles. The van der Waals surface area contributed by atoms with Crippen LogP contribution in [0.3, 0.4) is 0 Å². The highest BCUT2D eigenvalue weighted by atomic mass is 35.5. The fourth-order valence-electron chi connectivity index (χ4n) is 4.67. The SMILES string of the molecule is CC(N=C1CCN(c2cnn(C3CCCCO3)c(=O)c2Cl)CC1=C(N)C(=O)O)c1ccccc1C(F)(F)F. The number of aromatic nitrogens is 2. The summed E-state index contributed by atoms with van der Waals surface area (Å²) in [4.78, 5) is 30.8. The third-order valence-corrected chi connectivity index (χ3v) is 6.99. The van der Waals surface area contributed by atoms with Crippen molar-refractivity contribution in [2.24, 2.45) is 10.7 Å². The van der Waals surface area contributed by atoms with Crippen LogP contribution in [0, 0.1) is 0 Å². The lowest BCUT2D eigenvalue weighted by Gasteiger charge is -2.33. The molecule has 13 heteroatoms. The summed E-state index contributed by atoms with van der Waals surface area (Å²) in [6.45, 7) is 2.20. The minimum Gasteiger partial charge on any atom is -0.477 e. The average Bonchev–Trinajstić information content (AvgIpc) is 2.90. The predicted molar refractivity (Wildman–Crippen MR) is 135 cm³/mol. The van der Waals surface area contributed by atoms with Crippen molar-refractivity contribution < 1.29 is 27.8 Å². The molecule has 2 aliphatic heterocycles. The number of carboxylic acids is 1. The number of hydrogen-bond donors (Lipinski definition) is 2. The topological polar surface area (TPSA) is 123 Å². The Morgan fingerprint density at radius 2 is 2.05 bits per heavy atom. The van der Waals surface area contributed by atoms with Crippen molar-refractivity contribution in [3.63, 3.8) is 0 Å². The van der Waals surface area contributed by atoms with Gasteiger partial charge >= 0.3 is 12.1 Å². The summed E-state index contributed by atoms with van der Waals surface area (Å²) in [6, 6.07) is 4.18. The maximum atomic E-state index is 13.5. The first kappa shape index (κ1) is 27.6. The highest BCUT2D eigenvalue weighted by molar-refractivity contribution is 6.33. The Morgan fingerprint density at radius 1 is 1.32 bits per heavy atom. The van der Waals surface area contributed by atoms with E-state index in [9.17, 15) is 27.9 Å². The number of carbonyl (C=O) groups is 1. The molecule has 2 atom stereocenters. The first-order valence-electron chi connectivity index (χ1n) is 12.1. The number of ether oxygens (including phenoxy) is 1. The zero-order valence-electron chi connectivity index (χ0n) is 20.5. The lowest BCUT2D eigenvalue weighted by molar-refractivity contribution is -0.138. The molecular weight excluding hydrogens is 527 g/mol. The Hall–Kier alpha value is -3.38. The van der Waals surface area contributed by atoms with Gasteiger partial charge in [0.1, 0.15) is 10.7 Å². The number of benzene rings is 1. The highest BCUT2D eigenvalue weighted by Gasteiger charge is 2.35. The van der Waals surface area contributed by atoms with Gasteiger partial charge in [0, 0.05) is 37.4 Å². The molecular formula is C25H27ClF3N5O4. The minimum absolute atomic E-state index is 0.0380. The van der Waals surface area contributed by atoms with Crippen molar-refractivity contribution in [1.82, 2.24) is 9.78 Å². The van der Waals surface area contributed by atoms with E-state index in [2.05, 4.69) is 10.1 Å². The predicted octanol–water partition coefficient (Wildman–Crippen LogP) is 4.32. The van der Waals surface area contributed by atoms with Gasteiger partial charge in [-0.05, 0) is 37.8 Å². The van der Waals surface area contributed by atoms with Crippen LogP contribution in [-0.4, -0.2) is 46.3 Å². The van der Waals surface area contributed by atoms with Gasteiger partial charge < -0.3 is 20.5 Å². The third-order valence-electron chi connectivity index (χ3n) is 6.63. The average molecular weight is 554 g/mol. The van der Waals surface area contributed by atoms with E-state index in [-0.39, 0.29) is 47.1 Å². The lowest BCUT2D eigenvalue weighted by Crippen LogP contribution is -2.40. The summed E-state index contributed by atoms with van der Waals surface area (Å²) in [5.74, 6) is -1.40. The van der Waals surface area contributed by atoms with Gasteiger partial charge in [0.2, 0.25) is 0 Å². The first-order chi connectivity index (χ1) is 18.0. The van der Waals surface area contributed by atoms with E-state index in [0.717, 1.165) is 18.9 Å². The fraction of sp³-hybridized carbons (Fsp3) is 0.440. The zero-order chi connectivity index (χ0) is 27.6. The molecule has 0 amide bonds. The number of nitrogens with two attached hydrogens (primary N) is 1. The summed E-state index contributed by atoms with van der Waals surface area (Å²) < 4.78 is 47.4. The van der Waals surface area contributed by atoms with E-state index in [1.807, 2.05) is 0 Å². The standard InChI is InChI=1S/C25H27ClF3N5O4/c1-14(15-6-2-3-7-17(15)25(27,28)29)32-18-9-10-33(13-16(18)22(30)24(36)37)19-12-31-34(23(35)21(19)26)20-8-4-5-11-38-20/h2-3,6-7,12,14,20H,4-5,8-11,13,30H2,1H3,(H,36,37). The number of aliphatic carboxylic acids is 1. The molecule has 0 bridgehead atoms. The lowest BCUT2D eigenvalue weighted by atomic mass is 9.97. The molecule has 0 aliphatic carbocycles. The molecule has 0 saturated carbocycles. The first-order valence-corrected chi connectivity index (χ1v) is 12.5. The largest absolute Gasteiger partial charge is 0.477 e. The van der Waals surface area contributed by atoms with Gasteiger partial charge in [0.15, 0.2) is 6.23 Å². The van der Waals surface area contributed by atoms with Crippen LogP contribution in [0.4, 0.5) is 18.9 Å². The van der Waals surface area contributed by atoms with Crippen molar-refractivity contribution in [3.8, 4) is 0 Å². The fourth-order valence-corrected chi connectivity index (χ4v) is 4.93. The number of hydrogen-bond acceptors (Lipinski definition) is 7. The van der Waals surface area contributed by atoms with E-state index in [4.69, 9.17) is 22.1 Å². The Labute approximate surface area is 221 Å². The zero-order valence-corrected chi connectivity index (χ0v) is 21.3. The maximum absolute atomic E-state index is 13.5. The number of alkyl halides is 3. The van der Waals surface area contributed by atoms with E-state index in [1.54, 1.807) is 4.90 Å². The molecule has 204 valence electrons.